The number of nitrogens with one attached hydrogen (secondary N) is 2. The van der Waals surface area contributed by atoms with E-state index in [1.807, 2.05) is 6.92 Å². The van der Waals surface area contributed by atoms with Crippen LogP contribution in [0.3, 0.4) is 0 Å². The molecule has 1 fully saturated rings. The molecule has 6 nitrogen and oxygen atoms in total. The minimum atomic E-state index is -0.879. The smallest absolute Gasteiger partial charge is 0.307 e. The van der Waals surface area contributed by atoms with Crippen LogP contribution in [0.25, 0.3) is 0 Å². The van der Waals surface area contributed by atoms with Crippen molar-refractivity contribution in [1.82, 2.24) is 10.2 Å². The van der Waals surface area contributed by atoms with Gasteiger partial charge in [-0.2, -0.15) is 5.10 Å². The maximum atomic E-state index is 12.1. The quantitative estimate of drug-likeness (QED) is 0.759. The Morgan fingerprint density at radius 3 is 2.61 bits per heavy atom. The Morgan fingerprint density at radius 1 is 1.39 bits per heavy atom. The van der Waals surface area contributed by atoms with Crippen LogP contribution in [0, 0.1) is 18.8 Å². The second-order valence-corrected chi connectivity index (χ2v) is 4.75. The van der Waals surface area contributed by atoms with Crippen LogP contribution in [0.15, 0.2) is 6.20 Å². The van der Waals surface area contributed by atoms with Gasteiger partial charge >= 0.3 is 5.97 Å². The van der Waals surface area contributed by atoms with Crippen molar-refractivity contribution in [2.75, 3.05) is 5.32 Å². The number of anilines is 1. The van der Waals surface area contributed by atoms with Gasteiger partial charge in [0.25, 0.3) is 0 Å². The Labute approximate surface area is 105 Å². The molecule has 2 rings (SSSR count). The molecule has 1 amide bonds. The number of carbonyl (C=O) groups excluding carboxylic acids is 1. The van der Waals surface area contributed by atoms with Gasteiger partial charge in [0, 0.05) is 5.56 Å². The van der Waals surface area contributed by atoms with Crippen LogP contribution >= 0.6 is 0 Å². The Bertz CT molecular complexity index is 455. The molecule has 0 radical (unpaired) electrons. The first-order chi connectivity index (χ1) is 8.59. The van der Waals surface area contributed by atoms with Gasteiger partial charge in [-0.15, -0.1) is 0 Å². The van der Waals surface area contributed by atoms with E-state index in [9.17, 15) is 9.59 Å². The van der Waals surface area contributed by atoms with E-state index in [1.54, 1.807) is 6.20 Å². The zero-order valence-electron chi connectivity index (χ0n) is 10.3. The van der Waals surface area contributed by atoms with Gasteiger partial charge in [-0.05, 0) is 19.8 Å². The molecule has 2 atom stereocenters. The molecule has 1 heterocycles. The highest BCUT2D eigenvalue weighted by Crippen LogP contribution is 2.31. The fraction of sp³-hybridized carbons (Fsp3) is 0.583. The standard InChI is InChI=1S/C12H17N3O3/c1-7-6-13-15-10(7)14-11(16)8-4-2-3-5-9(8)12(17)18/h6,8-9H,2-5H2,1H3,(H,17,18)(H2,13,14,15,16)/t8-,9+/m1/s1. The van der Waals surface area contributed by atoms with Gasteiger partial charge in [-0.3, -0.25) is 14.7 Å². The maximum Gasteiger partial charge on any atom is 0.307 e. The summed E-state index contributed by atoms with van der Waals surface area (Å²) in [7, 11) is 0. The van der Waals surface area contributed by atoms with Crippen molar-refractivity contribution in [2.24, 2.45) is 11.8 Å². The fourth-order valence-corrected chi connectivity index (χ4v) is 2.43. The van der Waals surface area contributed by atoms with E-state index in [4.69, 9.17) is 5.11 Å². The molecule has 1 aliphatic rings. The number of H-pyrrole nitrogens is 1. The van der Waals surface area contributed by atoms with E-state index in [2.05, 4.69) is 15.5 Å². The second kappa shape index (κ2) is 5.20. The number of aliphatic carboxylic acids is 1. The Hall–Kier alpha value is -1.85. The molecule has 0 unspecified atom stereocenters. The summed E-state index contributed by atoms with van der Waals surface area (Å²) in [4.78, 5) is 23.2. The zero-order valence-corrected chi connectivity index (χ0v) is 10.3. The number of amides is 1. The van der Waals surface area contributed by atoms with E-state index >= 15 is 0 Å². The highest BCUT2D eigenvalue weighted by Gasteiger charge is 2.35. The molecule has 0 spiro atoms. The van der Waals surface area contributed by atoms with Gasteiger partial charge in [0.15, 0.2) is 0 Å². The molecule has 0 aliphatic heterocycles. The lowest BCUT2D eigenvalue weighted by Crippen LogP contribution is -2.36. The number of nitrogens with zero attached hydrogens (tertiary/aromatic N) is 1. The van der Waals surface area contributed by atoms with Gasteiger partial charge < -0.3 is 10.4 Å². The number of aromatic amines is 1. The molecule has 6 heteroatoms. The summed E-state index contributed by atoms with van der Waals surface area (Å²) >= 11 is 0. The second-order valence-electron chi connectivity index (χ2n) is 4.75. The fourth-order valence-electron chi connectivity index (χ4n) is 2.43. The SMILES string of the molecule is Cc1cn[nH]c1NC(=O)[C@@H]1CCCC[C@@H]1C(=O)O. The number of rotatable bonds is 3. The molecule has 1 aliphatic carbocycles. The summed E-state index contributed by atoms with van der Waals surface area (Å²) in [5, 5.41) is 18.4. The maximum absolute atomic E-state index is 12.1. The van der Waals surface area contributed by atoms with Crippen molar-refractivity contribution in [3.8, 4) is 0 Å². The number of hydrogen-bond donors (Lipinski definition) is 3. The average Bonchev–Trinajstić information content (AvgIpc) is 2.75. The summed E-state index contributed by atoms with van der Waals surface area (Å²) in [6.45, 7) is 1.83. The molecular weight excluding hydrogens is 234 g/mol. The molecule has 0 bridgehead atoms. The van der Waals surface area contributed by atoms with Crippen LogP contribution in [0.5, 0.6) is 0 Å². The van der Waals surface area contributed by atoms with Gasteiger partial charge in [-0.25, -0.2) is 0 Å². The predicted octanol–water partition coefficient (Wildman–Crippen LogP) is 1.55. The van der Waals surface area contributed by atoms with Crippen LogP contribution in [-0.2, 0) is 9.59 Å². The number of carbonyl (C=O) groups is 2. The lowest BCUT2D eigenvalue weighted by atomic mass is 9.78. The lowest BCUT2D eigenvalue weighted by molar-refractivity contribution is -0.147. The van der Waals surface area contributed by atoms with E-state index < -0.39 is 17.8 Å². The molecular formula is C12H17N3O3. The van der Waals surface area contributed by atoms with Gasteiger partial charge in [0.1, 0.15) is 5.82 Å². The zero-order chi connectivity index (χ0) is 13.1. The van der Waals surface area contributed by atoms with Crippen molar-refractivity contribution in [3.05, 3.63) is 11.8 Å². The first-order valence-corrected chi connectivity index (χ1v) is 6.13. The van der Waals surface area contributed by atoms with E-state index in [1.165, 1.54) is 0 Å². The van der Waals surface area contributed by atoms with Gasteiger partial charge in [0.2, 0.25) is 5.91 Å². The van der Waals surface area contributed by atoms with Gasteiger partial charge in [0.05, 0.1) is 18.0 Å². The monoisotopic (exact) mass is 251 g/mol. The minimum Gasteiger partial charge on any atom is -0.481 e. The number of hydrogen-bond acceptors (Lipinski definition) is 3. The highest BCUT2D eigenvalue weighted by molar-refractivity contribution is 5.94. The van der Waals surface area contributed by atoms with Crippen molar-refractivity contribution >= 4 is 17.7 Å². The lowest BCUT2D eigenvalue weighted by Gasteiger charge is -2.27. The van der Waals surface area contributed by atoms with Crippen LogP contribution < -0.4 is 5.32 Å². The third-order valence-corrected chi connectivity index (χ3v) is 3.50. The molecule has 1 saturated carbocycles. The average molecular weight is 251 g/mol. The van der Waals surface area contributed by atoms with E-state index in [-0.39, 0.29) is 5.91 Å². The van der Waals surface area contributed by atoms with Crippen LogP contribution in [-0.4, -0.2) is 27.2 Å². The summed E-state index contributed by atoms with van der Waals surface area (Å²) < 4.78 is 0. The molecule has 0 saturated heterocycles. The Balaban J connectivity index is 2.07. The molecule has 0 aromatic carbocycles. The molecule has 3 N–H and O–H groups in total. The third kappa shape index (κ3) is 2.52. The van der Waals surface area contributed by atoms with Gasteiger partial charge in [-0.1, -0.05) is 12.8 Å². The number of aromatic nitrogens is 2. The van der Waals surface area contributed by atoms with Crippen molar-refractivity contribution < 1.29 is 14.7 Å². The Kier molecular flexibility index (Phi) is 3.64. The first kappa shape index (κ1) is 12.6. The van der Waals surface area contributed by atoms with Crippen molar-refractivity contribution in [2.45, 2.75) is 32.6 Å². The largest absolute Gasteiger partial charge is 0.481 e. The normalized spacial score (nSPS) is 23.6. The van der Waals surface area contributed by atoms with Crippen molar-refractivity contribution in [3.63, 3.8) is 0 Å². The summed E-state index contributed by atoms with van der Waals surface area (Å²) in [5.74, 6) is -1.57. The molecule has 98 valence electrons. The Morgan fingerprint density at radius 2 is 2.06 bits per heavy atom. The summed E-state index contributed by atoms with van der Waals surface area (Å²) in [6, 6.07) is 0. The summed E-state index contributed by atoms with van der Waals surface area (Å²) in [5.41, 5.74) is 0.839. The van der Waals surface area contributed by atoms with Crippen LogP contribution in [0.4, 0.5) is 5.82 Å². The topological polar surface area (TPSA) is 95.1 Å². The molecule has 18 heavy (non-hydrogen) atoms. The van der Waals surface area contributed by atoms with Crippen LogP contribution in [0.1, 0.15) is 31.2 Å². The predicted molar refractivity (Wildman–Crippen MR) is 65.0 cm³/mol. The van der Waals surface area contributed by atoms with E-state index in [0.717, 1.165) is 18.4 Å². The minimum absolute atomic E-state index is 0.227. The number of carboxylic acids is 1. The number of aryl methyl sites for hydroxylation is 1. The molecule has 1 aromatic heterocycles. The third-order valence-electron chi connectivity index (χ3n) is 3.50. The number of carboxylic acid groups (broad SMARTS) is 1. The highest BCUT2D eigenvalue weighted by atomic mass is 16.4. The van der Waals surface area contributed by atoms with Crippen LogP contribution in [0.2, 0.25) is 0 Å². The molecule has 1 aromatic rings. The summed E-state index contributed by atoms with van der Waals surface area (Å²) in [6.07, 6.45) is 4.62. The van der Waals surface area contributed by atoms with Crippen molar-refractivity contribution in [1.29, 1.82) is 0 Å². The van der Waals surface area contributed by atoms with E-state index in [0.29, 0.717) is 18.7 Å². The first-order valence-electron chi connectivity index (χ1n) is 6.13.